The van der Waals surface area contributed by atoms with Crippen molar-refractivity contribution in [1.29, 1.82) is 0 Å². The Kier molecular flexibility index (Phi) is 3.76. The van der Waals surface area contributed by atoms with E-state index in [0.717, 1.165) is 12.6 Å². The summed E-state index contributed by atoms with van der Waals surface area (Å²) in [6.45, 7) is 2.10. The van der Waals surface area contributed by atoms with Crippen LogP contribution >= 0.6 is 0 Å². The number of rotatable bonds is 3. The minimum atomic E-state index is 0.730. The Labute approximate surface area is 63.0 Å². The molecule has 0 aromatic heterocycles. The highest BCUT2D eigenvalue weighted by Crippen LogP contribution is 2.09. The van der Waals surface area contributed by atoms with E-state index in [4.69, 9.17) is 4.74 Å². The Hall–Kier alpha value is -0.0800. The average Bonchev–Trinajstić information content (AvgIpc) is 2.03. The molecular formula is C8H17NO. The topological polar surface area (TPSA) is 21.3 Å². The second-order valence-electron chi connectivity index (χ2n) is 2.93. The van der Waals surface area contributed by atoms with Gasteiger partial charge in [0.2, 0.25) is 0 Å². The molecule has 1 atom stereocenters. The van der Waals surface area contributed by atoms with Gasteiger partial charge in [0, 0.05) is 19.8 Å². The third-order valence-electron chi connectivity index (χ3n) is 2.08. The van der Waals surface area contributed by atoms with E-state index in [1.807, 2.05) is 0 Å². The van der Waals surface area contributed by atoms with E-state index in [-0.39, 0.29) is 0 Å². The van der Waals surface area contributed by atoms with Gasteiger partial charge in [0.1, 0.15) is 0 Å². The molecule has 0 spiro atoms. The summed E-state index contributed by atoms with van der Waals surface area (Å²) in [5.74, 6) is 0. The summed E-state index contributed by atoms with van der Waals surface area (Å²) in [6, 6.07) is 0.730. The standard InChI is InChI=1S/C8H17NO/c1-10-7-5-8-4-2-3-6-9-8/h8-9H,2-7H2,1H3. The smallest absolute Gasteiger partial charge is 0.0477 e. The first-order valence-corrected chi connectivity index (χ1v) is 4.16. The molecule has 1 aliphatic heterocycles. The minimum absolute atomic E-state index is 0.730. The molecule has 0 saturated carbocycles. The van der Waals surface area contributed by atoms with Gasteiger partial charge in [-0.3, -0.25) is 0 Å². The van der Waals surface area contributed by atoms with Crippen LogP contribution in [0.1, 0.15) is 25.7 Å². The molecule has 0 radical (unpaired) electrons. The van der Waals surface area contributed by atoms with Gasteiger partial charge in [-0.15, -0.1) is 0 Å². The predicted molar refractivity (Wildman–Crippen MR) is 42.1 cm³/mol. The van der Waals surface area contributed by atoms with Gasteiger partial charge in [0.25, 0.3) is 0 Å². The molecule has 1 heterocycles. The predicted octanol–water partition coefficient (Wildman–Crippen LogP) is 1.17. The first kappa shape index (κ1) is 8.02. The molecule has 1 N–H and O–H groups in total. The van der Waals surface area contributed by atoms with Crippen molar-refractivity contribution in [1.82, 2.24) is 5.32 Å². The molecule has 0 aliphatic carbocycles. The third-order valence-corrected chi connectivity index (χ3v) is 2.08. The lowest BCUT2D eigenvalue weighted by Gasteiger charge is -2.22. The average molecular weight is 143 g/mol. The van der Waals surface area contributed by atoms with Crippen LogP contribution in [0.25, 0.3) is 0 Å². The van der Waals surface area contributed by atoms with Crippen LogP contribution in [0.5, 0.6) is 0 Å². The van der Waals surface area contributed by atoms with E-state index in [9.17, 15) is 0 Å². The zero-order chi connectivity index (χ0) is 7.23. The number of hydrogen-bond donors (Lipinski definition) is 1. The highest BCUT2D eigenvalue weighted by Gasteiger charge is 2.10. The maximum absolute atomic E-state index is 5.00. The number of ether oxygens (including phenoxy) is 1. The zero-order valence-corrected chi connectivity index (χ0v) is 6.73. The summed E-state index contributed by atoms with van der Waals surface area (Å²) < 4.78 is 5.00. The summed E-state index contributed by atoms with van der Waals surface area (Å²) in [5, 5.41) is 3.47. The van der Waals surface area contributed by atoms with Crippen molar-refractivity contribution in [2.75, 3.05) is 20.3 Å². The molecule has 0 aromatic rings. The number of methoxy groups -OCH3 is 1. The van der Waals surface area contributed by atoms with Gasteiger partial charge in [-0.05, 0) is 25.8 Å². The van der Waals surface area contributed by atoms with Crippen molar-refractivity contribution in [2.45, 2.75) is 31.7 Å². The van der Waals surface area contributed by atoms with Gasteiger partial charge in [-0.25, -0.2) is 0 Å². The fraction of sp³-hybridized carbons (Fsp3) is 1.00. The summed E-state index contributed by atoms with van der Waals surface area (Å²) in [6.07, 6.45) is 5.25. The van der Waals surface area contributed by atoms with Crippen LogP contribution in [-0.4, -0.2) is 26.3 Å². The Bertz CT molecular complexity index is 79.3. The van der Waals surface area contributed by atoms with Crippen molar-refractivity contribution in [3.8, 4) is 0 Å². The quantitative estimate of drug-likeness (QED) is 0.640. The number of nitrogens with one attached hydrogen (secondary N) is 1. The van der Waals surface area contributed by atoms with Crippen LogP contribution in [0.2, 0.25) is 0 Å². The van der Waals surface area contributed by atoms with E-state index in [2.05, 4.69) is 5.32 Å². The van der Waals surface area contributed by atoms with Crippen LogP contribution in [0.15, 0.2) is 0 Å². The van der Waals surface area contributed by atoms with Gasteiger partial charge in [-0.2, -0.15) is 0 Å². The molecule has 2 heteroatoms. The van der Waals surface area contributed by atoms with Crippen molar-refractivity contribution >= 4 is 0 Å². The molecule has 1 saturated heterocycles. The molecule has 0 aromatic carbocycles. The van der Waals surface area contributed by atoms with E-state index in [1.165, 1.54) is 32.2 Å². The molecule has 1 rings (SSSR count). The summed E-state index contributed by atoms with van der Waals surface area (Å²) >= 11 is 0. The molecule has 1 aliphatic rings. The van der Waals surface area contributed by atoms with Crippen molar-refractivity contribution in [2.24, 2.45) is 0 Å². The van der Waals surface area contributed by atoms with Crippen LogP contribution in [-0.2, 0) is 4.74 Å². The maximum Gasteiger partial charge on any atom is 0.0477 e. The van der Waals surface area contributed by atoms with Gasteiger partial charge in [-0.1, -0.05) is 6.42 Å². The largest absolute Gasteiger partial charge is 0.385 e. The van der Waals surface area contributed by atoms with Gasteiger partial charge in [0.05, 0.1) is 0 Å². The molecule has 1 fully saturated rings. The van der Waals surface area contributed by atoms with E-state index in [0.29, 0.717) is 0 Å². The van der Waals surface area contributed by atoms with Gasteiger partial charge in [0.15, 0.2) is 0 Å². The normalized spacial score (nSPS) is 26.7. The lowest BCUT2D eigenvalue weighted by molar-refractivity contribution is 0.177. The van der Waals surface area contributed by atoms with Crippen molar-refractivity contribution in [3.05, 3.63) is 0 Å². The fourth-order valence-electron chi connectivity index (χ4n) is 1.43. The van der Waals surface area contributed by atoms with Crippen LogP contribution in [0.4, 0.5) is 0 Å². The second kappa shape index (κ2) is 4.69. The Morgan fingerprint density at radius 1 is 1.50 bits per heavy atom. The molecule has 1 unspecified atom stereocenters. The van der Waals surface area contributed by atoms with Crippen LogP contribution in [0.3, 0.4) is 0 Å². The summed E-state index contributed by atoms with van der Waals surface area (Å²) in [4.78, 5) is 0. The molecule has 2 nitrogen and oxygen atoms in total. The summed E-state index contributed by atoms with van der Waals surface area (Å²) in [7, 11) is 1.77. The SMILES string of the molecule is COCCC1CCCCN1. The molecular weight excluding hydrogens is 126 g/mol. The lowest BCUT2D eigenvalue weighted by atomic mass is 10.0. The Morgan fingerprint density at radius 3 is 3.00 bits per heavy atom. The molecule has 60 valence electrons. The van der Waals surface area contributed by atoms with Crippen LogP contribution < -0.4 is 5.32 Å². The summed E-state index contributed by atoms with van der Waals surface area (Å²) in [5.41, 5.74) is 0. The molecule has 0 amide bonds. The van der Waals surface area contributed by atoms with Crippen molar-refractivity contribution in [3.63, 3.8) is 0 Å². The van der Waals surface area contributed by atoms with Crippen molar-refractivity contribution < 1.29 is 4.74 Å². The monoisotopic (exact) mass is 143 g/mol. The highest BCUT2D eigenvalue weighted by atomic mass is 16.5. The molecule has 10 heavy (non-hydrogen) atoms. The first-order chi connectivity index (χ1) is 4.93. The lowest BCUT2D eigenvalue weighted by Crippen LogP contribution is -2.34. The maximum atomic E-state index is 5.00. The molecule has 0 bridgehead atoms. The minimum Gasteiger partial charge on any atom is -0.385 e. The number of hydrogen-bond acceptors (Lipinski definition) is 2. The zero-order valence-electron chi connectivity index (χ0n) is 6.73. The third kappa shape index (κ3) is 2.67. The van der Waals surface area contributed by atoms with Crippen LogP contribution in [0, 0.1) is 0 Å². The Balaban J connectivity index is 2.02. The number of piperidine rings is 1. The van der Waals surface area contributed by atoms with Gasteiger partial charge >= 0.3 is 0 Å². The van der Waals surface area contributed by atoms with E-state index < -0.39 is 0 Å². The fourth-order valence-corrected chi connectivity index (χ4v) is 1.43. The Morgan fingerprint density at radius 2 is 2.40 bits per heavy atom. The van der Waals surface area contributed by atoms with Gasteiger partial charge < -0.3 is 10.1 Å². The van der Waals surface area contributed by atoms with E-state index in [1.54, 1.807) is 7.11 Å². The first-order valence-electron chi connectivity index (χ1n) is 4.16. The highest BCUT2D eigenvalue weighted by molar-refractivity contribution is 4.71. The second-order valence-corrected chi connectivity index (χ2v) is 2.93. The van der Waals surface area contributed by atoms with E-state index >= 15 is 0 Å².